The molecule has 0 aromatic heterocycles. The molecule has 1 atom stereocenters. The molecule has 5 rings (SSSR count). The third kappa shape index (κ3) is 9.60. The minimum atomic E-state index is -4.20. The van der Waals surface area contributed by atoms with E-state index >= 15 is 0 Å². The van der Waals surface area contributed by atoms with Crippen LogP contribution in [0.1, 0.15) is 48.8 Å². The van der Waals surface area contributed by atoms with E-state index in [1.165, 1.54) is 16.7 Å². The number of thioether (sulfide) groups is 1. The highest BCUT2D eigenvalue weighted by molar-refractivity contribution is 7.98. The smallest absolute Gasteiger partial charge is 0.264 e. The number of rotatable bonds is 13. The van der Waals surface area contributed by atoms with E-state index in [0.717, 1.165) is 52.4 Å². The van der Waals surface area contributed by atoms with Gasteiger partial charge in [-0.2, -0.15) is 0 Å². The molecule has 0 heterocycles. The van der Waals surface area contributed by atoms with Gasteiger partial charge in [0.25, 0.3) is 10.0 Å². The van der Waals surface area contributed by atoms with Gasteiger partial charge in [-0.25, -0.2) is 8.42 Å². The molecule has 0 bridgehead atoms. The fourth-order valence-electron chi connectivity index (χ4n) is 6.05. The lowest BCUT2D eigenvalue weighted by Crippen LogP contribution is -2.55. The predicted octanol–water partition coefficient (Wildman–Crippen LogP) is 8.31. The highest BCUT2D eigenvalue weighted by atomic mass is 35.5. The van der Waals surface area contributed by atoms with Crippen LogP contribution < -0.4 is 9.62 Å². The molecule has 4 aromatic rings. The van der Waals surface area contributed by atoms with Gasteiger partial charge in [-0.3, -0.25) is 13.9 Å². The third-order valence-corrected chi connectivity index (χ3v) is 11.9. The Morgan fingerprint density at radius 3 is 2.20 bits per heavy atom. The molecule has 0 saturated heterocycles. The molecule has 7 nitrogen and oxygen atoms in total. The molecule has 2 amide bonds. The lowest BCUT2D eigenvalue weighted by Gasteiger charge is -2.35. The fraction of sp³-hybridized carbons (Fsp3) is 0.316. The average molecular weight is 739 g/mol. The van der Waals surface area contributed by atoms with Crippen molar-refractivity contribution >= 4 is 62.5 Å². The first kappa shape index (κ1) is 36.8. The maximum Gasteiger partial charge on any atom is 0.264 e. The molecule has 0 unspecified atom stereocenters. The minimum Gasteiger partial charge on any atom is -0.352 e. The largest absolute Gasteiger partial charge is 0.352 e. The van der Waals surface area contributed by atoms with Crippen molar-refractivity contribution in [2.75, 3.05) is 17.1 Å². The van der Waals surface area contributed by atoms with E-state index in [2.05, 4.69) is 5.32 Å². The van der Waals surface area contributed by atoms with E-state index in [1.54, 1.807) is 66.7 Å². The first-order valence-electron chi connectivity index (χ1n) is 16.4. The Bertz CT molecular complexity index is 1830. The molecule has 1 saturated carbocycles. The van der Waals surface area contributed by atoms with Crippen molar-refractivity contribution in [2.24, 2.45) is 0 Å². The summed E-state index contributed by atoms with van der Waals surface area (Å²) < 4.78 is 29.8. The van der Waals surface area contributed by atoms with Crippen molar-refractivity contribution in [3.63, 3.8) is 0 Å². The van der Waals surface area contributed by atoms with Crippen LogP contribution in [-0.2, 0) is 32.6 Å². The fourth-order valence-corrected chi connectivity index (χ4v) is 8.34. The number of carbonyl (C=O) groups excluding carboxylic acids is 2. The van der Waals surface area contributed by atoms with Gasteiger partial charge in [0.2, 0.25) is 11.8 Å². The molecule has 1 aliphatic rings. The summed E-state index contributed by atoms with van der Waals surface area (Å²) in [5, 5.41) is 4.00. The van der Waals surface area contributed by atoms with Gasteiger partial charge in [0, 0.05) is 33.9 Å². The lowest BCUT2D eigenvalue weighted by molar-refractivity contribution is -0.140. The monoisotopic (exact) mass is 737 g/mol. The Balaban J connectivity index is 1.57. The maximum atomic E-state index is 14.8. The minimum absolute atomic E-state index is 0.00397. The Labute approximate surface area is 304 Å². The Hall–Kier alpha value is -3.50. The second kappa shape index (κ2) is 16.9. The third-order valence-electron chi connectivity index (χ3n) is 8.83. The van der Waals surface area contributed by atoms with E-state index < -0.39 is 28.5 Å². The SMILES string of the molecule is CSc1ccc(S(=O)(=O)N(CC(=O)N(Cc2ccc(Cl)cc2Cl)[C@@H](Cc2ccccc2)C(=O)NC2CCCCC2)c2ccc(C)cc2)cc1. The number of amides is 2. The topological polar surface area (TPSA) is 86.8 Å². The number of hydrogen-bond donors (Lipinski definition) is 1. The maximum absolute atomic E-state index is 14.8. The van der Waals surface area contributed by atoms with Crippen LogP contribution in [0.4, 0.5) is 5.69 Å². The molecule has 258 valence electrons. The van der Waals surface area contributed by atoms with Crippen molar-refractivity contribution in [1.29, 1.82) is 0 Å². The molecule has 49 heavy (non-hydrogen) atoms. The van der Waals surface area contributed by atoms with E-state index in [4.69, 9.17) is 23.2 Å². The average Bonchev–Trinajstić information content (AvgIpc) is 3.10. The van der Waals surface area contributed by atoms with Crippen LogP contribution >= 0.6 is 35.0 Å². The van der Waals surface area contributed by atoms with Crippen molar-refractivity contribution in [2.45, 2.75) is 73.9 Å². The van der Waals surface area contributed by atoms with Gasteiger partial charge in [0.05, 0.1) is 10.6 Å². The molecule has 0 radical (unpaired) electrons. The van der Waals surface area contributed by atoms with Crippen LogP contribution in [-0.4, -0.2) is 50.0 Å². The number of nitrogens with one attached hydrogen (secondary N) is 1. The summed E-state index contributed by atoms with van der Waals surface area (Å²) in [6.45, 7) is 1.34. The number of sulfonamides is 1. The van der Waals surface area contributed by atoms with Crippen LogP contribution in [0.2, 0.25) is 10.0 Å². The first-order valence-corrected chi connectivity index (χ1v) is 19.8. The highest BCUT2D eigenvalue weighted by Gasteiger charge is 2.35. The van der Waals surface area contributed by atoms with Crippen LogP contribution in [0.25, 0.3) is 0 Å². The van der Waals surface area contributed by atoms with Crippen LogP contribution in [0.15, 0.2) is 107 Å². The van der Waals surface area contributed by atoms with Gasteiger partial charge in [-0.15, -0.1) is 11.8 Å². The number of carbonyl (C=O) groups is 2. The van der Waals surface area contributed by atoms with Gasteiger partial charge >= 0.3 is 0 Å². The van der Waals surface area contributed by atoms with E-state index in [1.807, 2.05) is 43.5 Å². The number of hydrogen-bond acceptors (Lipinski definition) is 5. The summed E-state index contributed by atoms with van der Waals surface area (Å²) in [7, 11) is -4.20. The zero-order valence-corrected chi connectivity index (χ0v) is 30.8. The molecule has 11 heteroatoms. The summed E-state index contributed by atoms with van der Waals surface area (Å²) in [5.74, 6) is -0.831. The quantitative estimate of drug-likeness (QED) is 0.140. The van der Waals surface area contributed by atoms with E-state index in [9.17, 15) is 18.0 Å². The number of halogens is 2. The van der Waals surface area contributed by atoms with Crippen molar-refractivity contribution in [3.8, 4) is 0 Å². The second-order valence-corrected chi connectivity index (χ2v) is 15.9. The van der Waals surface area contributed by atoms with Crippen LogP contribution in [0, 0.1) is 6.92 Å². The zero-order valence-electron chi connectivity index (χ0n) is 27.6. The molecule has 4 aromatic carbocycles. The number of aryl methyl sites for hydroxylation is 1. The predicted molar refractivity (Wildman–Crippen MR) is 200 cm³/mol. The second-order valence-electron chi connectivity index (χ2n) is 12.3. The summed E-state index contributed by atoms with van der Waals surface area (Å²) in [6.07, 6.45) is 7.06. The molecular formula is C38H41Cl2N3O4S2. The lowest BCUT2D eigenvalue weighted by atomic mass is 9.94. The Morgan fingerprint density at radius 1 is 0.898 bits per heavy atom. The molecule has 1 aliphatic carbocycles. The summed E-state index contributed by atoms with van der Waals surface area (Å²) >= 11 is 14.4. The van der Waals surface area contributed by atoms with Crippen molar-refractivity contribution < 1.29 is 18.0 Å². The highest BCUT2D eigenvalue weighted by Crippen LogP contribution is 2.29. The normalized spacial score (nSPS) is 14.2. The zero-order chi connectivity index (χ0) is 35.0. The van der Waals surface area contributed by atoms with Crippen molar-refractivity contribution in [3.05, 3.63) is 124 Å². The van der Waals surface area contributed by atoms with E-state index in [0.29, 0.717) is 21.3 Å². The molecule has 1 N–H and O–H groups in total. The summed E-state index contributed by atoms with van der Waals surface area (Å²) in [4.78, 5) is 31.5. The first-order chi connectivity index (χ1) is 23.5. The molecule has 0 aliphatic heterocycles. The van der Waals surface area contributed by atoms with Gasteiger partial charge in [0.15, 0.2) is 0 Å². The standard InChI is InChI=1S/C38H41Cl2N3O4S2/c1-27-13-17-32(18-14-27)43(49(46,47)34-21-19-33(48-2)20-22-34)26-37(44)42(25-29-15-16-30(39)24-35(29)40)36(23-28-9-5-3-6-10-28)38(45)41-31-11-7-4-8-12-31/h3,5-6,9-10,13-22,24,31,36H,4,7-8,11-12,23,25-26H2,1-2H3,(H,41,45)/t36-/m0/s1. The molecule has 1 fully saturated rings. The van der Waals surface area contributed by atoms with Crippen LogP contribution in [0.5, 0.6) is 0 Å². The van der Waals surface area contributed by atoms with Gasteiger partial charge in [-0.1, -0.05) is 96.6 Å². The number of benzene rings is 4. The summed E-state index contributed by atoms with van der Waals surface area (Å²) in [5.41, 5.74) is 2.73. The Morgan fingerprint density at radius 2 is 1.57 bits per heavy atom. The van der Waals surface area contributed by atoms with Crippen molar-refractivity contribution in [1.82, 2.24) is 10.2 Å². The Kier molecular flexibility index (Phi) is 12.7. The van der Waals surface area contributed by atoms with Gasteiger partial charge in [-0.05, 0) is 85.7 Å². The van der Waals surface area contributed by atoms with Crippen LogP contribution in [0.3, 0.4) is 0 Å². The summed E-state index contributed by atoms with van der Waals surface area (Å²) in [6, 6.07) is 27.1. The van der Waals surface area contributed by atoms with Gasteiger partial charge < -0.3 is 10.2 Å². The van der Waals surface area contributed by atoms with Gasteiger partial charge in [0.1, 0.15) is 12.6 Å². The number of nitrogens with zero attached hydrogens (tertiary/aromatic N) is 2. The molecular weight excluding hydrogens is 697 g/mol. The van der Waals surface area contributed by atoms with E-state index in [-0.39, 0.29) is 29.8 Å². The number of anilines is 1. The molecule has 0 spiro atoms.